The van der Waals surface area contributed by atoms with E-state index >= 15 is 0 Å². The summed E-state index contributed by atoms with van der Waals surface area (Å²) >= 11 is 0. The van der Waals surface area contributed by atoms with Crippen molar-refractivity contribution in [1.82, 2.24) is 20.1 Å². The summed E-state index contributed by atoms with van der Waals surface area (Å²) < 4.78 is 18.8. The molecule has 2 N–H and O–H groups in total. The van der Waals surface area contributed by atoms with E-state index in [1.54, 1.807) is 18.9 Å². The first-order valence-electron chi connectivity index (χ1n) is 10.7. The molecule has 0 fully saturated rings. The van der Waals surface area contributed by atoms with Crippen molar-refractivity contribution in [3.8, 4) is 28.5 Å². The average molecular weight is 438 g/mol. The summed E-state index contributed by atoms with van der Waals surface area (Å²) in [6, 6.07) is 8.06. The van der Waals surface area contributed by atoms with Gasteiger partial charge in [0.05, 0.1) is 32.6 Å². The van der Waals surface area contributed by atoms with Gasteiger partial charge in [0.1, 0.15) is 17.6 Å². The summed E-state index contributed by atoms with van der Waals surface area (Å²) in [7, 11) is 5.24. The minimum absolute atomic E-state index is 0.00473. The van der Waals surface area contributed by atoms with E-state index in [0.717, 1.165) is 40.4 Å². The van der Waals surface area contributed by atoms with Crippen molar-refractivity contribution < 1.29 is 14.2 Å². The van der Waals surface area contributed by atoms with E-state index in [4.69, 9.17) is 14.2 Å². The van der Waals surface area contributed by atoms with Gasteiger partial charge in [-0.1, -0.05) is 13.8 Å². The molecule has 0 spiro atoms. The Morgan fingerprint density at radius 3 is 2.53 bits per heavy atom. The zero-order chi connectivity index (χ0) is 22.7. The lowest BCUT2D eigenvalue weighted by atomic mass is 9.84. The van der Waals surface area contributed by atoms with Crippen LogP contribution in [0.2, 0.25) is 0 Å². The molecule has 170 valence electrons. The fourth-order valence-electron chi connectivity index (χ4n) is 3.78. The first-order valence-corrected chi connectivity index (χ1v) is 10.7. The predicted molar refractivity (Wildman–Crippen MR) is 125 cm³/mol. The van der Waals surface area contributed by atoms with Gasteiger partial charge >= 0.3 is 0 Å². The number of rotatable bonds is 8. The largest absolute Gasteiger partial charge is 0.497 e. The normalized spacial score (nSPS) is 15.5. The van der Waals surface area contributed by atoms with Crippen LogP contribution in [0.5, 0.6) is 17.4 Å². The fraction of sp³-hybridized carbons (Fsp3) is 0.417. The number of anilines is 1. The molecule has 0 aliphatic carbocycles. The second kappa shape index (κ2) is 9.08. The second-order valence-electron chi connectivity index (χ2n) is 8.72. The maximum atomic E-state index is 6.12. The van der Waals surface area contributed by atoms with Crippen molar-refractivity contribution in [3.63, 3.8) is 0 Å². The summed E-state index contributed by atoms with van der Waals surface area (Å²) in [4.78, 5) is 4.52. The van der Waals surface area contributed by atoms with E-state index in [0.29, 0.717) is 19.0 Å². The Bertz CT molecular complexity index is 1060. The number of fused-ring (bicyclic) bond motifs is 1. The number of ether oxygens (including phenoxy) is 3. The number of pyridine rings is 1. The van der Waals surface area contributed by atoms with E-state index in [1.165, 1.54) is 0 Å². The second-order valence-corrected chi connectivity index (χ2v) is 8.72. The maximum absolute atomic E-state index is 6.12. The van der Waals surface area contributed by atoms with Gasteiger partial charge in [-0.05, 0) is 23.8 Å². The van der Waals surface area contributed by atoms with Crippen LogP contribution in [-0.2, 0) is 12.5 Å². The van der Waals surface area contributed by atoms with Crippen LogP contribution >= 0.6 is 0 Å². The lowest BCUT2D eigenvalue weighted by Crippen LogP contribution is -2.43. The van der Waals surface area contributed by atoms with Crippen LogP contribution in [0.25, 0.3) is 11.1 Å². The fourth-order valence-corrected chi connectivity index (χ4v) is 3.78. The molecule has 0 saturated carbocycles. The highest BCUT2D eigenvalue weighted by molar-refractivity contribution is 5.69. The first kappa shape index (κ1) is 22.0. The lowest BCUT2D eigenvalue weighted by molar-refractivity contribution is 0.191. The molecule has 32 heavy (non-hydrogen) atoms. The van der Waals surface area contributed by atoms with Gasteiger partial charge in [-0.15, -0.1) is 0 Å². The van der Waals surface area contributed by atoms with Crippen LogP contribution in [0.4, 0.5) is 5.69 Å². The number of aromatic nitrogens is 3. The molecule has 0 radical (unpaired) electrons. The van der Waals surface area contributed by atoms with Crippen LogP contribution in [-0.4, -0.2) is 54.7 Å². The van der Waals surface area contributed by atoms with Crippen LogP contribution in [0.3, 0.4) is 0 Å². The van der Waals surface area contributed by atoms with Crippen molar-refractivity contribution in [2.24, 2.45) is 7.05 Å². The van der Waals surface area contributed by atoms with Gasteiger partial charge in [0.15, 0.2) is 0 Å². The number of nitrogens with one attached hydrogen (secondary N) is 2. The smallest absolute Gasteiger partial charge is 0.237 e. The molecule has 1 unspecified atom stereocenters. The molecule has 1 atom stereocenters. The van der Waals surface area contributed by atoms with Gasteiger partial charge < -0.3 is 24.8 Å². The number of nitrogens with zero attached hydrogens (tertiary/aromatic N) is 3. The van der Waals surface area contributed by atoms with E-state index < -0.39 is 0 Å². The maximum Gasteiger partial charge on any atom is 0.237 e. The molecular formula is C24H31N5O3. The Balaban J connectivity index is 1.35. The van der Waals surface area contributed by atoms with Gasteiger partial charge in [-0.2, -0.15) is 5.10 Å². The SMILES string of the molecule is COc1cc(OC)cc(C(C)(C)CNCC2CNc3cc(-c4cnn(C)c4)cnc3O2)c1. The van der Waals surface area contributed by atoms with E-state index in [9.17, 15) is 0 Å². The molecule has 2 aromatic heterocycles. The highest BCUT2D eigenvalue weighted by Gasteiger charge is 2.25. The van der Waals surface area contributed by atoms with Gasteiger partial charge in [-0.3, -0.25) is 4.68 Å². The summed E-state index contributed by atoms with van der Waals surface area (Å²) in [5.41, 5.74) is 3.99. The molecule has 4 rings (SSSR count). The van der Waals surface area contributed by atoms with Crippen molar-refractivity contribution in [3.05, 3.63) is 48.4 Å². The van der Waals surface area contributed by atoms with Gasteiger partial charge in [0, 0.05) is 55.1 Å². The molecule has 0 bridgehead atoms. The minimum Gasteiger partial charge on any atom is -0.497 e. The molecule has 3 aromatic rings. The van der Waals surface area contributed by atoms with Crippen molar-refractivity contribution in [1.29, 1.82) is 0 Å². The average Bonchev–Trinajstić information content (AvgIpc) is 3.24. The number of hydrogen-bond donors (Lipinski definition) is 2. The zero-order valence-electron chi connectivity index (χ0n) is 19.3. The Labute approximate surface area is 188 Å². The zero-order valence-corrected chi connectivity index (χ0v) is 19.3. The van der Waals surface area contributed by atoms with Crippen LogP contribution in [0.15, 0.2) is 42.9 Å². The first-order chi connectivity index (χ1) is 15.4. The number of methoxy groups -OCH3 is 2. The lowest BCUT2D eigenvalue weighted by Gasteiger charge is -2.30. The Morgan fingerprint density at radius 1 is 1.12 bits per heavy atom. The molecule has 1 aliphatic rings. The Morgan fingerprint density at radius 2 is 1.88 bits per heavy atom. The van der Waals surface area contributed by atoms with Crippen molar-refractivity contribution >= 4 is 5.69 Å². The topological polar surface area (TPSA) is 82.5 Å². The molecule has 0 saturated heterocycles. The molecule has 3 heterocycles. The number of aryl methyl sites for hydroxylation is 1. The molecular weight excluding hydrogens is 406 g/mol. The van der Waals surface area contributed by atoms with E-state index in [1.807, 2.05) is 31.7 Å². The molecule has 0 amide bonds. The third-order valence-electron chi connectivity index (χ3n) is 5.76. The number of hydrogen-bond acceptors (Lipinski definition) is 7. The monoisotopic (exact) mass is 437 g/mol. The van der Waals surface area contributed by atoms with E-state index in [2.05, 4.69) is 52.8 Å². The Kier molecular flexibility index (Phi) is 6.23. The molecule has 8 nitrogen and oxygen atoms in total. The molecule has 1 aliphatic heterocycles. The van der Waals surface area contributed by atoms with E-state index in [-0.39, 0.29) is 11.5 Å². The molecule has 8 heteroatoms. The summed E-state index contributed by atoms with van der Waals surface area (Å²) in [5, 5.41) is 11.2. The van der Waals surface area contributed by atoms with Crippen molar-refractivity contribution in [2.75, 3.05) is 39.2 Å². The van der Waals surface area contributed by atoms with Crippen LogP contribution in [0.1, 0.15) is 19.4 Å². The minimum atomic E-state index is -0.112. The highest BCUT2D eigenvalue weighted by atomic mass is 16.5. The standard InChI is InChI=1S/C24H31N5O3/c1-24(2,18-7-19(30-4)9-20(8-18)31-5)15-25-12-21-13-26-22-6-16(10-27-23(22)32-21)17-11-28-29(3)14-17/h6-11,14,21,25-26H,12-13,15H2,1-5H3. The Hall–Kier alpha value is -3.26. The van der Waals surface area contributed by atoms with Crippen molar-refractivity contribution in [2.45, 2.75) is 25.4 Å². The highest BCUT2D eigenvalue weighted by Crippen LogP contribution is 2.32. The summed E-state index contributed by atoms with van der Waals surface area (Å²) in [6.07, 6.45) is 5.63. The van der Waals surface area contributed by atoms with Gasteiger partial charge in [0.2, 0.25) is 5.88 Å². The van der Waals surface area contributed by atoms with Crippen LogP contribution < -0.4 is 24.8 Å². The summed E-state index contributed by atoms with van der Waals surface area (Å²) in [5.74, 6) is 2.22. The quantitative estimate of drug-likeness (QED) is 0.560. The third kappa shape index (κ3) is 4.80. The van der Waals surface area contributed by atoms with Crippen LogP contribution in [0, 0.1) is 0 Å². The third-order valence-corrected chi connectivity index (χ3v) is 5.76. The van der Waals surface area contributed by atoms with Gasteiger partial charge in [0.25, 0.3) is 0 Å². The molecule has 1 aromatic carbocycles. The number of benzene rings is 1. The summed E-state index contributed by atoms with van der Waals surface area (Å²) in [6.45, 7) is 6.61. The van der Waals surface area contributed by atoms with Gasteiger partial charge in [-0.25, -0.2) is 4.98 Å². The predicted octanol–water partition coefficient (Wildman–Crippen LogP) is 3.24.